The third kappa shape index (κ3) is 2.66. The summed E-state index contributed by atoms with van der Waals surface area (Å²) in [5, 5.41) is 3.16. The van der Waals surface area contributed by atoms with Crippen molar-refractivity contribution < 1.29 is 4.79 Å². The number of piperidine rings is 1. The lowest BCUT2D eigenvalue weighted by molar-refractivity contribution is 0.0897. The van der Waals surface area contributed by atoms with Crippen LogP contribution in [0.15, 0.2) is 18.2 Å². The van der Waals surface area contributed by atoms with Crippen molar-refractivity contribution in [3.8, 4) is 0 Å². The van der Waals surface area contributed by atoms with Gasteiger partial charge in [0.2, 0.25) is 0 Å². The fourth-order valence-corrected chi connectivity index (χ4v) is 3.51. The highest BCUT2D eigenvalue weighted by Crippen LogP contribution is 2.27. The van der Waals surface area contributed by atoms with Gasteiger partial charge in [-0.1, -0.05) is 6.07 Å². The Hall–Kier alpha value is -1.55. The molecule has 2 unspecified atom stereocenters. The quantitative estimate of drug-likeness (QED) is 0.810. The highest BCUT2D eigenvalue weighted by molar-refractivity contribution is 5.99. The van der Waals surface area contributed by atoms with Crippen LogP contribution in [0.2, 0.25) is 0 Å². The molecule has 2 fully saturated rings. The molecule has 0 bridgehead atoms. The number of nitrogens with zero attached hydrogens (tertiary/aromatic N) is 1. The first kappa shape index (κ1) is 13.4. The number of carbonyl (C=O) groups is 1. The Morgan fingerprint density at radius 1 is 1.35 bits per heavy atom. The SMILES string of the molecule is Cc1ccc(C(=O)NC2CCN3CCCC3C2)c(N)c1. The summed E-state index contributed by atoms with van der Waals surface area (Å²) < 4.78 is 0. The number of nitrogens with two attached hydrogens (primary N) is 1. The molecule has 2 aliphatic rings. The standard InChI is InChI=1S/C16H23N3O/c1-11-4-5-14(15(17)9-11)16(20)18-12-6-8-19-7-2-3-13(19)10-12/h4-5,9,12-13H,2-3,6-8,10,17H2,1H3,(H,18,20). The van der Waals surface area contributed by atoms with E-state index in [0.717, 1.165) is 24.9 Å². The van der Waals surface area contributed by atoms with Gasteiger partial charge in [0.15, 0.2) is 0 Å². The zero-order valence-corrected chi connectivity index (χ0v) is 12.1. The summed E-state index contributed by atoms with van der Waals surface area (Å²) in [6.45, 7) is 4.32. The number of hydrogen-bond acceptors (Lipinski definition) is 3. The van der Waals surface area contributed by atoms with E-state index in [0.29, 0.717) is 23.3 Å². The number of amides is 1. The van der Waals surface area contributed by atoms with Gasteiger partial charge in [0, 0.05) is 24.3 Å². The molecule has 1 aromatic rings. The molecule has 0 radical (unpaired) electrons. The average Bonchev–Trinajstić information content (AvgIpc) is 2.85. The molecule has 4 nitrogen and oxygen atoms in total. The summed E-state index contributed by atoms with van der Waals surface area (Å²) in [5.74, 6) is -0.0288. The maximum absolute atomic E-state index is 12.3. The van der Waals surface area contributed by atoms with Crippen molar-refractivity contribution in [2.24, 2.45) is 0 Å². The van der Waals surface area contributed by atoms with E-state index in [9.17, 15) is 4.79 Å². The van der Waals surface area contributed by atoms with Crippen LogP contribution >= 0.6 is 0 Å². The molecule has 1 aromatic carbocycles. The monoisotopic (exact) mass is 273 g/mol. The van der Waals surface area contributed by atoms with E-state index < -0.39 is 0 Å². The summed E-state index contributed by atoms with van der Waals surface area (Å²) in [6.07, 6.45) is 4.71. The van der Waals surface area contributed by atoms with Gasteiger partial charge >= 0.3 is 0 Å². The molecule has 0 aromatic heterocycles. The van der Waals surface area contributed by atoms with E-state index in [1.54, 1.807) is 0 Å². The van der Waals surface area contributed by atoms with E-state index in [2.05, 4.69) is 10.2 Å². The van der Waals surface area contributed by atoms with Gasteiger partial charge in [0.05, 0.1) is 5.56 Å². The van der Waals surface area contributed by atoms with E-state index in [1.165, 1.54) is 19.4 Å². The number of anilines is 1. The molecule has 0 saturated carbocycles. The fourth-order valence-electron chi connectivity index (χ4n) is 3.51. The minimum Gasteiger partial charge on any atom is -0.398 e. The lowest BCUT2D eigenvalue weighted by Gasteiger charge is -2.35. The van der Waals surface area contributed by atoms with Crippen molar-refractivity contribution in [1.29, 1.82) is 0 Å². The van der Waals surface area contributed by atoms with Crippen LogP contribution in [0, 0.1) is 6.92 Å². The van der Waals surface area contributed by atoms with E-state index in [1.807, 2.05) is 25.1 Å². The second-order valence-electron chi connectivity index (χ2n) is 6.12. The van der Waals surface area contributed by atoms with E-state index >= 15 is 0 Å². The molecule has 2 atom stereocenters. The van der Waals surface area contributed by atoms with Crippen LogP contribution in [0.1, 0.15) is 41.6 Å². The molecule has 4 heteroatoms. The predicted molar refractivity (Wildman–Crippen MR) is 80.7 cm³/mol. The summed E-state index contributed by atoms with van der Waals surface area (Å²) in [7, 11) is 0. The van der Waals surface area contributed by atoms with Gasteiger partial charge in [-0.05, 0) is 56.8 Å². The predicted octanol–water partition coefficient (Wildman–Crippen LogP) is 1.93. The zero-order chi connectivity index (χ0) is 14.1. The molecule has 2 saturated heterocycles. The molecule has 0 spiro atoms. The molecule has 20 heavy (non-hydrogen) atoms. The summed E-state index contributed by atoms with van der Waals surface area (Å²) >= 11 is 0. The summed E-state index contributed by atoms with van der Waals surface area (Å²) in [5.41, 5.74) is 8.20. The first-order chi connectivity index (χ1) is 9.63. The molecule has 0 aliphatic carbocycles. The Balaban J connectivity index is 1.64. The maximum Gasteiger partial charge on any atom is 0.253 e. The molecule has 108 valence electrons. The Morgan fingerprint density at radius 2 is 2.20 bits per heavy atom. The Kier molecular flexibility index (Phi) is 3.66. The summed E-state index contributed by atoms with van der Waals surface area (Å²) in [6, 6.07) is 6.58. The molecule has 3 rings (SSSR count). The number of aryl methyl sites for hydroxylation is 1. The van der Waals surface area contributed by atoms with Gasteiger partial charge in [-0.25, -0.2) is 0 Å². The molecule has 2 aliphatic heterocycles. The summed E-state index contributed by atoms with van der Waals surface area (Å²) in [4.78, 5) is 14.9. The number of hydrogen-bond donors (Lipinski definition) is 2. The van der Waals surface area contributed by atoms with Crippen molar-refractivity contribution in [2.75, 3.05) is 18.8 Å². The van der Waals surface area contributed by atoms with Crippen LogP contribution < -0.4 is 11.1 Å². The first-order valence-electron chi connectivity index (χ1n) is 7.54. The van der Waals surface area contributed by atoms with Crippen LogP contribution in [0.3, 0.4) is 0 Å². The maximum atomic E-state index is 12.3. The minimum atomic E-state index is -0.0288. The smallest absolute Gasteiger partial charge is 0.253 e. The lowest BCUT2D eigenvalue weighted by atomic mass is 9.97. The number of benzene rings is 1. The van der Waals surface area contributed by atoms with Gasteiger partial charge in [0.1, 0.15) is 0 Å². The Labute approximate surface area is 120 Å². The molecule has 2 heterocycles. The second-order valence-corrected chi connectivity index (χ2v) is 6.12. The van der Waals surface area contributed by atoms with Gasteiger partial charge in [0.25, 0.3) is 5.91 Å². The zero-order valence-electron chi connectivity index (χ0n) is 12.1. The van der Waals surface area contributed by atoms with Crippen LogP contribution in [-0.2, 0) is 0 Å². The number of nitrogens with one attached hydrogen (secondary N) is 1. The van der Waals surface area contributed by atoms with Gasteiger partial charge in [-0.15, -0.1) is 0 Å². The van der Waals surface area contributed by atoms with Crippen molar-refractivity contribution in [3.05, 3.63) is 29.3 Å². The van der Waals surface area contributed by atoms with Gasteiger partial charge in [-0.2, -0.15) is 0 Å². The fraction of sp³-hybridized carbons (Fsp3) is 0.562. The highest BCUT2D eigenvalue weighted by Gasteiger charge is 2.32. The minimum absolute atomic E-state index is 0.0288. The molecular formula is C16H23N3O. The van der Waals surface area contributed by atoms with Crippen LogP contribution in [0.25, 0.3) is 0 Å². The normalized spacial score (nSPS) is 26.2. The van der Waals surface area contributed by atoms with Crippen LogP contribution in [0.4, 0.5) is 5.69 Å². The Morgan fingerprint density at radius 3 is 3.00 bits per heavy atom. The van der Waals surface area contributed by atoms with Crippen molar-refractivity contribution in [3.63, 3.8) is 0 Å². The number of rotatable bonds is 2. The van der Waals surface area contributed by atoms with Crippen LogP contribution in [0.5, 0.6) is 0 Å². The van der Waals surface area contributed by atoms with E-state index in [-0.39, 0.29) is 5.91 Å². The topological polar surface area (TPSA) is 58.4 Å². The Bertz CT molecular complexity index is 514. The molecule has 3 N–H and O–H groups in total. The largest absolute Gasteiger partial charge is 0.398 e. The van der Waals surface area contributed by atoms with Crippen molar-refractivity contribution in [1.82, 2.24) is 10.2 Å². The van der Waals surface area contributed by atoms with Crippen molar-refractivity contribution >= 4 is 11.6 Å². The highest BCUT2D eigenvalue weighted by atomic mass is 16.1. The third-order valence-corrected chi connectivity index (χ3v) is 4.61. The average molecular weight is 273 g/mol. The number of carbonyl (C=O) groups excluding carboxylic acids is 1. The molecule has 1 amide bonds. The van der Waals surface area contributed by atoms with Gasteiger partial charge in [-0.3, -0.25) is 4.79 Å². The molecular weight excluding hydrogens is 250 g/mol. The van der Waals surface area contributed by atoms with Crippen LogP contribution in [-0.4, -0.2) is 36.0 Å². The van der Waals surface area contributed by atoms with Gasteiger partial charge < -0.3 is 16.0 Å². The number of nitrogen functional groups attached to an aromatic ring is 1. The number of fused-ring (bicyclic) bond motifs is 1. The third-order valence-electron chi connectivity index (χ3n) is 4.61. The lowest BCUT2D eigenvalue weighted by Crippen LogP contribution is -2.47. The van der Waals surface area contributed by atoms with Crippen molar-refractivity contribution in [2.45, 2.75) is 44.7 Å². The second kappa shape index (κ2) is 5.44. The van der Waals surface area contributed by atoms with E-state index in [4.69, 9.17) is 5.73 Å². The first-order valence-corrected chi connectivity index (χ1v) is 7.54.